The highest BCUT2D eigenvalue weighted by molar-refractivity contribution is 7.89. The van der Waals surface area contributed by atoms with Gasteiger partial charge in [-0.2, -0.15) is 5.10 Å². The number of hydrazone groups is 1. The van der Waals surface area contributed by atoms with E-state index < -0.39 is 10.0 Å². The highest BCUT2D eigenvalue weighted by Gasteiger charge is 2.28. The van der Waals surface area contributed by atoms with Crippen LogP contribution < -0.4 is 10.6 Å². The summed E-state index contributed by atoms with van der Waals surface area (Å²) in [4.78, 5) is 3.91. The molecule has 1 heterocycles. The van der Waals surface area contributed by atoms with E-state index in [1.54, 1.807) is 12.1 Å². The van der Waals surface area contributed by atoms with Gasteiger partial charge in [-0.25, -0.2) is 22.9 Å². The Morgan fingerprint density at radius 1 is 1.22 bits per heavy atom. The maximum absolute atomic E-state index is 13.0. The second-order valence-corrected chi connectivity index (χ2v) is 6.88. The van der Waals surface area contributed by atoms with Gasteiger partial charge in [0.1, 0.15) is 16.5 Å². The van der Waals surface area contributed by atoms with Crippen molar-refractivity contribution in [3.8, 4) is 0 Å². The third kappa shape index (κ3) is 3.91. The fourth-order valence-electron chi connectivity index (χ4n) is 2.10. The summed E-state index contributed by atoms with van der Waals surface area (Å²) in [6.07, 6.45) is 3.24. The molecule has 0 spiro atoms. The van der Waals surface area contributed by atoms with E-state index in [-0.39, 0.29) is 10.7 Å². The first-order valence-corrected chi connectivity index (χ1v) is 8.56. The lowest BCUT2D eigenvalue weighted by atomic mass is 10.1. The predicted octanol–water partition coefficient (Wildman–Crippen LogP) is 2.09. The van der Waals surface area contributed by atoms with E-state index in [0.717, 1.165) is 24.1 Å². The zero-order valence-corrected chi connectivity index (χ0v) is 12.9. The number of rotatable bonds is 5. The minimum absolute atomic E-state index is 0.0621. The van der Waals surface area contributed by atoms with Crippen LogP contribution in [-0.2, 0) is 10.0 Å². The van der Waals surface area contributed by atoms with Crippen molar-refractivity contribution < 1.29 is 12.8 Å². The number of halogens is 1. The molecule has 1 aromatic heterocycles. The van der Waals surface area contributed by atoms with Crippen molar-refractivity contribution in [1.82, 2.24) is 4.98 Å². The second kappa shape index (κ2) is 6.05. The van der Waals surface area contributed by atoms with Crippen LogP contribution in [0, 0.1) is 11.7 Å². The Morgan fingerprint density at radius 3 is 2.43 bits per heavy atom. The fraction of sp³-hybridized carbons (Fsp3) is 0.200. The molecule has 2 aromatic rings. The number of pyridine rings is 1. The van der Waals surface area contributed by atoms with Gasteiger partial charge in [0.2, 0.25) is 10.0 Å². The van der Waals surface area contributed by atoms with Gasteiger partial charge in [0.25, 0.3) is 0 Å². The third-order valence-corrected chi connectivity index (χ3v) is 4.36. The van der Waals surface area contributed by atoms with Gasteiger partial charge in [0.15, 0.2) is 0 Å². The molecular weight excluding hydrogens is 319 g/mol. The standard InChI is InChI=1S/C15H15FN4O2S/c16-12-5-3-11(4-6-12)15(10-1-2-10)20-19-14-8-7-13(9-18-14)23(17,21)22/h3-10H,1-2H2,(H,18,19)(H2,17,21,22)/b20-15+. The van der Waals surface area contributed by atoms with Gasteiger partial charge in [-0.1, -0.05) is 12.1 Å². The first-order chi connectivity index (χ1) is 10.9. The van der Waals surface area contributed by atoms with Gasteiger partial charge in [0.05, 0.1) is 5.71 Å². The van der Waals surface area contributed by atoms with Gasteiger partial charge in [-0.3, -0.25) is 5.43 Å². The summed E-state index contributed by atoms with van der Waals surface area (Å²) in [6, 6.07) is 9.00. The van der Waals surface area contributed by atoms with Crippen molar-refractivity contribution in [1.29, 1.82) is 0 Å². The van der Waals surface area contributed by atoms with Gasteiger partial charge in [-0.15, -0.1) is 0 Å². The molecule has 0 radical (unpaired) electrons. The first-order valence-electron chi connectivity index (χ1n) is 7.02. The quantitative estimate of drug-likeness (QED) is 0.646. The van der Waals surface area contributed by atoms with Crippen LogP contribution in [0.2, 0.25) is 0 Å². The lowest BCUT2D eigenvalue weighted by Gasteiger charge is -2.07. The topological polar surface area (TPSA) is 97.4 Å². The van der Waals surface area contributed by atoms with Gasteiger partial charge in [-0.05, 0) is 42.7 Å². The number of anilines is 1. The summed E-state index contributed by atoms with van der Waals surface area (Å²) in [6.45, 7) is 0. The molecule has 3 rings (SSSR count). The molecule has 1 aliphatic carbocycles. The molecule has 23 heavy (non-hydrogen) atoms. The predicted molar refractivity (Wildman–Crippen MR) is 84.9 cm³/mol. The average Bonchev–Trinajstić information content (AvgIpc) is 3.34. The van der Waals surface area contributed by atoms with Crippen LogP contribution in [0.4, 0.5) is 10.2 Å². The zero-order chi connectivity index (χ0) is 16.4. The van der Waals surface area contributed by atoms with Crippen LogP contribution >= 0.6 is 0 Å². The number of nitrogens with two attached hydrogens (primary N) is 1. The van der Waals surface area contributed by atoms with E-state index >= 15 is 0 Å². The number of nitrogens with zero attached hydrogens (tertiary/aromatic N) is 2. The molecule has 3 N–H and O–H groups in total. The zero-order valence-electron chi connectivity index (χ0n) is 12.1. The van der Waals surface area contributed by atoms with Gasteiger partial charge < -0.3 is 0 Å². The molecule has 0 bridgehead atoms. The van der Waals surface area contributed by atoms with E-state index in [9.17, 15) is 12.8 Å². The molecule has 120 valence electrons. The Bertz CT molecular complexity index is 829. The molecule has 0 aliphatic heterocycles. The number of nitrogens with one attached hydrogen (secondary N) is 1. The van der Waals surface area contributed by atoms with Crippen molar-refractivity contribution in [2.24, 2.45) is 16.2 Å². The van der Waals surface area contributed by atoms with Crippen molar-refractivity contribution in [3.63, 3.8) is 0 Å². The van der Waals surface area contributed by atoms with Crippen molar-refractivity contribution in [3.05, 3.63) is 54.0 Å². The summed E-state index contributed by atoms with van der Waals surface area (Å²) in [5.41, 5.74) is 4.49. The summed E-state index contributed by atoms with van der Waals surface area (Å²) in [5, 5.41) is 9.37. The molecular formula is C15H15FN4O2S. The van der Waals surface area contributed by atoms with Crippen LogP contribution in [0.3, 0.4) is 0 Å². The number of aromatic nitrogens is 1. The van der Waals surface area contributed by atoms with Crippen LogP contribution in [0.5, 0.6) is 0 Å². The molecule has 0 saturated heterocycles. The monoisotopic (exact) mass is 334 g/mol. The molecule has 1 saturated carbocycles. The Morgan fingerprint density at radius 2 is 1.91 bits per heavy atom. The number of primary sulfonamides is 1. The maximum atomic E-state index is 13.0. The molecule has 1 aliphatic rings. The normalized spacial score (nSPS) is 15.5. The number of hydrogen-bond donors (Lipinski definition) is 2. The smallest absolute Gasteiger partial charge is 0.239 e. The lowest BCUT2D eigenvalue weighted by Crippen LogP contribution is -2.12. The molecule has 1 aromatic carbocycles. The number of benzene rings is 1. The van der Waals surface area contributed by atoms with Crippen molar-refractivity contribution >= 4 is 21.6 Å². The maximum Gasteiger partial charge on any atom is 0.239 e. The Hall–Kier alpha value is -2.32. The van der Waals surface area contributed by atoms with Crippen LogP contribution in [-0.4, -0.2) is 19.1 Å². The summed E-state index contributed by atoms with van der Waals surface area (Å²) in [7, 11) is -3.76. The Labute approximate surface area is 133 Å². The van der Waals surface area contributed by atoms with Crippen LogP contribution in [0.15, 0.2) is 52.6 Å². The average molecular weight is 334 g/mol. The number of sulfonamides is 1. The van der Waals surface area contributed by atoms with Crippen molar-refractivity contribution in [2.45, 2.75) is 17.7 Å². The highest BCUT2D eigenvalue weighted by Crippen LogP contribution is 2.33. The summed E-state index contributed by atoms with van der Waals surface area (Å²) in [5.74, 6) is 0.450. The van der Waals surface area contributed by atoms with Crippen molar-refractivity contribution in [2.75, 3.05) is 5.43 Å². The highest BCUT2D eigenvalue weighted by atomic mass is 32.2. The van der Waals surface area contributed by atoms with E-state index in [4.69, 9.17) is 5.14 Å². The summed E-state index contributed by atoms with van der Waals surface area (Å²) >= 11 is 0. The molecule has 8 heteroatoms. The molecule has 0 unspecified atom stereocenters. The SMILES string of the molecule is NS(=O)(=O)c1ccc(N/N=C(/c2ccc(F)cc2)C2CC2)nc1. The Kier molecular flexibility index (Phi) is 4.10. The lowest BCUT2D eigenvalue weighted by molar-refractivity contribution is 0.597. The molecule has 1 fully saturated rings. The molecule has 0 amide bonds. The second-order valence-electron chi connectivity index (χ2n) is 5.31. The van der Waals surface area contributed by atoms with Gasteiger partial charge in [0, 0.05) is 12.1 Å². The fourth-order valence-corrected chi connectivity index (χ4v) is 2.56. The minimum Gasteiger partial charge on any atom is -0.261 e. The largest absolute Gasteiger partial charge is 0.261 e. The van der Waals surface area contributed by atoms with E-state index in [1.165, 1.54) is 30.5 Å². The van der Waals surface area contributed by atoms with E-state index in [2.05, 4.69) is 15.5 Å². The van der Waals surface area contributed by atoms with Gasteiger partial charge >= 0.3 is 0 Å². The molecule has 6 nitrogen and oxygen atoms in total. The Balaban J connectivity index is 1.80. The van der Waals surface area contributed by atoms with Crippen LogP contribution in [0.1, 0.15) is 18.4 Å². The van der Waals surface area contributed by atoms with E-state index in [0.29, 0.717) is 11.7 Å². The third-order valence-electron chi connectivity index (χ3n) is 3.46. The molecule has 0 atom stereocenters. The first kappa shape index (κ1) is 15.6. The number of hydrogen-bond acceptors (Lipinski definition) is 5. The minimum atomic E-state index is -3.76. The van der Waals surface area contributed by atoms with E-state index in [1.807, 2.05) is 0 Å². The van der Waals surface area contributed by atoms with Crippen LogP contribution in [0.25, 0.3) is 0 Å². The summed E-state index contributed by atoms with van der Waals surface area (Å²) < 4.78 is 35.4.